The summed E-state index contributed by atoms with van der Waals surface area (Å²) in [5.74, 6) is -0.443. The van der Waals surface area contributed by atoms with Gasteiger partial charge in [0.15, 0.2) is 0 Å². The molecule has 0 unspecified atom stereocenters. The molecule has 8 nitrogen and oxygen atoms in total. The number of carbonyl (C=O) groups is 1. The van der Waals surface area contributed by atoms with Crippen LogP contribution in [0.4, 0.5) is 18.9 Å². The lowest BCUT2D eigenvalue weighted by Gasteiger charge is -2.11. The Morgan fingerprint density at radius 3 is 2.52 bits per heavy atom. The molecular weight excluding hydrogens is 387 g/mol. The molecule has 0 spiro atoms. The number of alkyl halides is 3. The number of sulfonamides is 1. The molecule has 27 heavy (non-hydrogen) atoms. The molecule has 12 heteroatoms. The Morgan fingerprint density at radius 2 is 2.00 bits per heavy atom. The number of rotatable bonds is 5. The van der Waals surface area contributed by atoms with Crippen molar-refractivity contribution in [2.45, 2.75) is 18.0 Å². The van der Waals surface area contributed by atoms with Crippen LogP contribution in [0.25, 0.3) is 5.69 Å². The third-order valence-electron chi connectivity index (χ3n) is 3.13. The van der Waals surface area contributed by atoms with Gasteiger partial charge in [0.2, 0.25) is 5.91 Å². The normalized spacial score (nSPS) is 12.4. The van der Waals surface area contributed by atoms with Crippen LogP contribution in [0.3, 0.4) is 0 Å². The van der Waals surface area contributed by atoms with Crippen LogP contribution in [-0.4, -0.2) is 49.4 Å². The predicted molar refractivity (Wildman–Crippen MR) is 92.2 cm³/mol. The Hall–Kier alpha value is -2.89. The zero-order valence-electron chi connectivity index (χ0n) is 14.5. The molecule has 0 aliphatic heterocycles. The summed E-state index contributed by atoms with van der Waals surface area (Å²) in [4.78, 5) is 12.2. The van der Waals surface area contributed by atoms with Gasteiger partial charge in [-0.1, -0.05) is 0 Å². The van der Waals surface area contributed by atoms with Crippen LogP contribution in [-0.2, 0) is 21.0 Å². The summed E-state index contributed by atoms with van der Waals surface area (Å²) in [6.07, 6.45) is -2.34. The average Bonchev–Trinajstić information content (AvgIpc) is 3.02. The van der Waals surface area contributed by atoms with Crippen molar-refractivity contribution in [1.82, 2.24) is 14.7 Å². The van der Waals surface area contributed by atoms with E-state index in [9.17, 15) is 26.4 Å². The lowest BCUT2D eigenvalue weighted by Crippen LogP contribution is -2.13. The predicted octanol–water partition coefficient (Wildman–Crippen LogP) is 2.13. The lowest BCUT2D eigenvalue weighted by atomic mass is 10.2. The lowest BCUT2D eigenvalue weighted by molar-refractivity contribution is -0.137. The van der Waals surface area contributed by atoms with E-state index in [1.54, 1.807) is 14.1 Å². The van der Waals surface area contributed by atoms with Gasteiger partial charge in [-0.3, -0.25) is 4.79 Å². The molecule has 1 N–H and O–H groups in total. The highest BCUT2D eigenvalue weighted by molar-refractivity contribution is 7.90. The average molecular weight is 403 g/mol. The van der Waals surface area contributed by atoms with E-state index in [1.165, 1.54) is 24.0 Å². The number of carbonyl (C=O) groups excluding carboxylic acids is 1. The molecule has 0 atom stereocenters. The van der Waals surface area contributed by atoms with Crippen LogP contribution in [0.2, 0.25) is 0 Å². The first-order valence-electron chi connectivity index (χ1n) is 7.41. The van der Waals surface area contributed by atoms with Gasteiger partial charge in [0.05, 0.1) is 17.4 Å². The molecule has 0 aliphatic rings. The van der Waals surface area contributed by atoms with Crippen molar-refractivity contribution in [2.24, 2.45) is 4.40 Å². The summed E-state index contributed by atoms with van der Waals surface area (Å²) in [6.45, 7) is 1.23. The van der Waals surface area contributed by atoms with Crippen molar-refractivity contribution in [3.05, 3.63) is 36.2 Å². The van der Waals surface area contributed by atoms with Crippen LogP contribution in [0, 0.1) is 0 Å². The van der Waals surface area contributed by atoms with Gasteiger partial charge in [0.25, 0.3) is 10.0 Å². The van der Waals surface area contributed by atoms with E-state index in [2.05, 4.69) is 14.8 Å². The van der Waals surface area contributed by atoms with Gasteiger partial charge in [0, 0.05) is 32.9 Å². The van der Waals surface area contributed by atoms with Crippen LogP contribution in [0.1, 0.15) is 12.5 Å². The summed E-state index contributed by atoms with van der Waals surface area (Å²) >= 11 is 0. The Labute approximate surface area is 153 Å². The molecule has 1 aromatic carbocycles. The molecule has 0 saturated carbocycles. The number of aromatic nitrogens is 2. The van der Waals surface area contributed by atoms with E-state index >= 15 is 0 Å². The molecule has 1 heterocycles. The molecule has 0 fully saturated rings. The number of anilines is 1. The molecule has 0 saturated heterocycles. The minimum Gasteiger partial charge on any atom is -0.368 e. The number of halogens is 3. The molecule has 0 radical (unpaired) electrons. The monoisotopic (exact) mass is 403 g/mol. The fourth-order valence-corrected chi connectivity index (χ4v) is 3.13. The third kappa shape index (κ3) is 5.06. The molecular formula is C15H16F3N5O3S. The quantitative estimate of drug-likeness (QED) is 0.609. The smallest absolute Gasteiger partial charge is 0.368 e. The zero-order valence-corrected chi connectivity index (χ0v) is 15.3. The summed E-state index contributed by atoms with van der Waals surface area (Å²) in [5.41, 5.74) is -1.03. The SMILES string of the molecule is CC(=O)Nc1ccc(-n2cc(C(F)(F)F)cn2)c(S(=O)(=O)N=CN(C)C)c1. The van der Waals surface area contributed by atoms with Crippen molar-refractivity contribution < 1.29 is 26.4 Å². The van der Waals surface area contributed by atoms with Crippen molar-refractivity contribution in [3.8, 4) is 5.69 Å². The van der Waals surface area contributed by atoms with Crippen molar-refractivity contribution in [3.63, 3.8) is 0 Å². The summed E-state index contributed by atoms with van der Waals surface area (Å²) in [6, 6.07) is 3.69. The maximum atomic E-state index is 12.8. The second kappa shape index (κ2) is 7.39. The summed E-state index contributed by atoms with van der Waals surface area (Å²) in [5, 5.41) is 6.01. The Kier molecular flexibility index (Phi) is 5.59. The Bertz CT molecular complexity index is 981. The topological polar surface area (TPSA) is 96.7 Å². The minimum absolute atomic E-state index is 0.143. The van der Waals surface area contributed by atoms with Gasteiger partial charge >= 0.3 is 6.18 Å². The number of amides is 1. The second-order valence-corrected chi connectivity index (χ2v) is 7.30. The van der Waals surface area contributed by atoms with E-state index in [-0.39, 0.29) is 11.4 Å². The molecule has 1 aromatic heterocycles. The van der Waals surface area contributed by atoms with Gasteiger partial charge in [-0.2, -0.15) is 26.7 Å². The van der Waals surface area contributed by atoms with Crippen LogP contribution in [0.15, 0.2) is 39.9 Å². The van der Waals surface area contributed by atoms with E-state index in [0.717, 1.165) is 17.1 Å². The second-order valence-electron chi connectivity index (χ2n) is 5.69. The fourth-order valence-electron chi connectivity index (χ4n) is 2.01. The van der Waals surface area contributed by atoms with Crippen molar-refractivity contribution in [2.75, 3.05) is 19.4 Å². The van der Waals surface area contributed by atoms with E-state index < -0.39 is 32.6 Å². The molecule has 146 valence electrons. The molecule has 2 rings (SSSR count). The number of benzene rings is 1. The van der Waals surface area contributed by atoms with Gasteiger partial charge in [-0.05, 0) is 18.2 Å². The number of nitrogens with zero attached hydrogens (tertiary/aromatic N) is 4. The van der Waals surface area contributed by atoms with E-state index in [1.807, 2.05) is 0 Å². The standard InChI is InChI=1S/C15H16F3N5O3S/c1-10(24)21-12-4-5-13(23-8-11(7-19-23)15(16,17)18)14(6-12)27(25,26)20-9-22(2)3/h4-9H,1-3H3,(H,21,24). The number of hydrogen-bond donors (Lipinski definition) is 1. The molecule has 2 aromatic rings. The van der Waals surface area contributed by atoms with Gasteiger partial charge in [-0.25, -0.2) is 4.68 Å². The fraction of sp³-hybridized carbons (Fsp3) is 0.267. The van der Waals surface area contributed by atoms with Gasteiger partial charge < -0.3 is 10.2 Å². The Morgan fingerprint density at radius 1 is 1.33 bits per heavy atom. The summed E-state index contributed by atoms with van der Waals surface area (Å²) in [7, 11) is -1.18. The van der Waals surface area contributed by atoms with Gasteiger partial charge in [-0.15, -0.1) is 4.40 Å². The summed E-state index contributed by atoms with van der Waals surface area (Å²) < 4.78 is 67.9. The van der Waals surface area contributed by atoms with Crippen molar-refractivity contribution in [1.29, 1.82) is 0 Å². The highest BCUT2D eigenvalue weighted by Gasteiger charge is 2.33. The van der Waals surface area contributed by atoms with E-state index in [0.29, 0.717) is 12.4 Å². The molecule has 0 bridgehead atoms. The molecule has 1 amide bonds. The Balaban J connectivity index is 2.63. The highest BCUT2D eigenvalue weighted by Crippen LogP contribution is 2.31. The first-order chi connectivity index (χ1) is 12.4. The van der Waals surface area contributed by atoms with Crippen LogP contribution in [0.5, 0.6) is 0 Å². The minimum atomic E-state index is -4.63. The number of hydrogen-bond acceptors (Lipinski definition) is 4. The first-order valence-corrected chi connectivity index (χ1v) is 8.85. The maximum absolute atomic E-state index is 12.8. The van der Waals surface area contributed by atoms with Crippen LogP contribution >= 0.6 is 0 Å². The van der Waals surface area contributed by atoms with Crippen molar-refractivity contribution >= 4 is 28.0 Å². The van der Waals surface area contributed by atoms with E-state index in [4.69, 9.17) is 0 Å². The van der Waals surface area contributed by atoms with Crippen LogP contribution < -0.4 is 5.32 Å². The molecule has 0 aliphatic carbocycles. The first kappa shape index (κ1) is 20.4. The number of nitrogens with one attached hydrogen (secondary N) is 1. The van der Waals surface area contributed by atoms with Gasteiger partial charge in [0.1, 0.15) is 11.2 Å². The maximum Gasteiger partial charge on any atom is 0.419 e. The third-order valence-corrected chi connectivity index (χ3v) is 4.39. The zero-order chi connectivity index (χ0) is 20.4. The largest absolute Gasteiger partial charge is 0.419 e. The highest BCUT2D eigenvalue weighted by atomic mass is 32.2.